The second kappa shape index (κ2) is 11.4. The first-order valence-corrected chi connectivity index (χ1v) is 11.2. The molecule has 1 aliphatic heterocycles. The molecule has 32 heavy (non-hydrogen) atoms. The molecule has 0 aromatic heterocycles. The lowest BCUT2D eigenvalue weighted by atomic mass is 10.0. The molecule has 1 aliphatic rings. The maximum atomic E-state index is 13.9. The molecule has 8 heteroatoms. The van der Waals surface area contributed by atoms with Crippen molar-refractivity contribution in [3.8, 4) is 17.2 Å². The first-order chi connectivity index (χ1) is 15.4. The van der Waals surface area contributed by atoms with Gasteiger partial charge in [-0.1, -0.05) is 24.6 Å². The quantitative estimate of drug-likeness (QED) is 0.584. The van der Waals surface area contributed by atoms with Crippen LogP contribution in [-0.2, 0) is 6.54 Å². The van der Waals surface area contributed by atoms with Gasteiger partial charge in [-0.2, -0.15) is 0 Å². The lowest BCUT2D eigenvalue weighted by molar-refractivity contribution is 0.0908. The number of carbonyl (C=O) groups is 1. The monoisotopic (exact) mass is 464 g/mol. The topological polar surface area (TPSA) is 60.0 Å². The van der Waals surface area contributed by atoms with Gasteiger partial charge < -0.3 is 19.5 Å². The summed E-state index contributed by atoms with van der Waals surface area (Å²) in [5.74, 6) is 0.598. The standard InChI is InChI=1S/C24H30ClFN2O4/c1-4-11-32-23-19(25)13-17(14-22(23)31-3)24(29)27-18-7-9-28(10-8-18)15-16-5-6-21(30-2)20(26)12-16/h5-6,12-14,18H,4,7-11,15H2,1-3H3,(H,27,29). The van der Waals surface area contributed by atoms with Gasteiger partial charge in [-0.25, -0.2) is 4.39 Å². The van der Waals surface area contributed by atoms with Gasteiger partial charge in [0, 0.05) is 31.2 Å². The predicted molar refractivity (Wildman–Crippen MR) is 123 cm³/mol. The minimum absolute atomic E-state index is 0.0622. The SMILES string of the molecule is CCCOc1c(Cl)cc(C(=O)NC2CCN(Cc3ccc(OC)c(F)c3)CC2)cc1OC. The average molecular weight is 465 g/mol. The Hall–Kier alpha value is -2.51. The van der Waals surface area contributed by atoms with Gasteiger partial charge in [-0.15, -0.1) is 0 Å². The number of amides is 1. The normalized spacial score (nSPS) is 14.8. The molecule has 2 aromatic rings. The van der Waals surface area contributed by atoms with Gasteiger partial charge in [0.2, 0.25) is 0 Å². The van der Waals surface area contributed by atoms with Crippen LogP contribution in [0.25, 0.3) is 0 Å². The van der Waals surface area contributed by atoms with Crippen molar-refractivity contribution in [1.82, 2.24) is 10.2 Å². The van der Waals surface area contributed by atoms with Crippen molar-refractivity contribution in [3.05, 3.63) is 52.3 Å². The molecule has 1 amide bonds. The first-order valence-electron chi connectivity index (χ1n) is 10.8. The second-order valence-electron chi connectivity index (χ2n) is 7.83. The molecule has 0 aliphatic carbocycles. The Labute approximate surface area is 193 Å². The van der Waals surface area contributed by atoms with Crippen LogP contribution in [0.4, 0.5) is 4.39 Å². The van der Waals surface area contributed by atoms with Gasteiger partial charge in [0.1, 0.15) is 0 Å². The summed E-state index contributed by atoms with van der Waals surface area (Å²) in [6.45, 7) is 4.80. The molecule has 0 atom stereocenters. The van der Waals surface area contributed by atoms with E-state index in [9.17, 15) is 9.18 Å². The number of hydrogen-bond acceptors (Lipinski definition) is 5. The summed E-state index contributed by atoms with van der Waals surface area (Å²) in [5.41, 5.74) is 1.34. The molecule has 1 fully saturated rings. The smallest absolute Gasteiger partial charge is 0.251 e. The highest BCUT2D eigenvalue weighted by Crippen LogP contribution is 2.36. The largest absolute Gasteiger partial charge is 0.494 e. The molecule has 174 valence electrons. The summed E-state index contributed by atoms with van der Waals surface area (Å²) in [7, 11) is 2.98. The fraction of sp³-hybridized carbons (Fsp3) is 0.458. The van der Waals surface area contributed by atoms with E-state index in [2.05, 4.69) is 10.2 Å². The number of likely N-dealkylation sites (tertiary alicyclic amines) is 1. The Kier molecular flexibility index (Phi) is 8.59. The van der Waals surface area contributed by atoms with Crippen molar-refractivity contribution in [2.24, 2.45) is 0 Å². The van der Waals surface area contributed by atoms with Crippen LogP contribution in [0.1, 0.15) is 42.1 Å². The average Bonchev–Trinajstić information content (AvgIpc) is 2.79. The number of hydrogen-bond donors (Lipinski definition) is 1. The molecule has 1 saturated heterocycles. The van der Waals surface area contributed by atoms with Gasteiger partial charge in [0.15, 0.2) is 23.1 Å². The zero-order valence-electron chi connectivity index (χ0n) is 18.7. The van der Waals surface area contributed by atoms with E-state index in [0.29, 0.717) is 35.2 Å². The third kappa shape index (κ3) is 6.04. The van der Waals surface area contributed by atoms with Crippen LogP contribution in [0.5, 0.6) is 17.2 Å². The molecule has 0 radical (unpaired) electrons. The summed E-state index contributed by atoms with van der Waals surface area (Å²) in [4.78, 5) is 15.0. The molecule has 0 spiro atoms. The Bertz CT molecular complexity index is 932. The molecule has 3 rings (SSSR count). The third-order valence-electron chi connectivity index (χ3n) is 5.49. The zero-order chi connectivity index (χ0) is 23.1. The van der Waals surface area contributed by atoms with Crippen molar-refractivity contribution in [1.29, 1.82) is 0 Å². The first kappa shape index (κ1) is 24.1. The van der Waals surface area contributed by atoms with Gasteiger partial charge in [-0.05, 0) is 49.1 Å². The molecule has 1 heterocycles. The molecule has 2 aromatic carbocycles. The highest BCUT2D eigenvalue weighted by Gasteiger charge is 2.23. The Morgan fingerprint density at radius 3 is 2.50 bits per heavy atom. The van der Waals surface area contributed by atoms with Crippen LogP contribution in [0.2, 0.25) is 5.02 Å². The van der Waals surface area contributed by atoms with E-state index in [1.165, 1.54) is 20.3 Å². The van der Waals surface area contributed by atoms with Crippen molar-refractivity contribution in [2.75, 3.05) is 33.9 Å². The van der Waals surface area contributed by atoms with E-state index in [0.717, 1.165) is 37.9 Å². The van der Waals surface area contributed by atoms with Crippen LogP contribution in [0, 0.1) is 5.82 Å². The number of methoxy groups -OCH3 is 2. The summed E-state index contributed by atoms with van der Waals surface area (Å²) in [6.07, 6.45) is 2.47. The van der Waals surface area contributed by atoms with Crippen LogP contribution in [0.3, 0.4) is 0 Å². The van der Waals surface area contributed by atoms with Crippen molar-refractivity contribution >= 4 is 17.5 Å². The third-order valence-corrected chi connectivity index (χ3v) is 5.77. The van der Waals surface area contributed by atoms with Crippen molar-refractivity contribution in [3.63, 3.8) is 0 Å². The van der Waals surface area contributed by atoms with Gasteiger partial charge in [-0.3, -0.25) is 9.69 Å². The van der Waals surface area contributed by atoms with Crippen molar-refractivity contribution < 1.29 is 23.4 Å². The minimum Gasteiger partial charge on any atom is -0.494 e. The predicted octanol–water partition coefficient (Wildman–Crippen LogP) is 4.68. The molecule has 0 bridgehead atoms. The number of halogens is 2. The minimum atomic E-state index is -0.354. The number of ether oxygens (including phenoxy) is 3. The second-order valence-corrected chi connectivity index (χ2v) is 8.24. The van der Waals surface area contributed by atoms with Gasteiger partial charge >= 0.3 is 0 Å². The van der Waals surface area contributed by atoms with E-state index >= 15 is 0 Å². The summed E-state index contributed by atoms with van der Waals surface area (Å²) in [6, 6.07) is 8.36. The highest BCUT2D eigenvalue weighted by molar-refractivity contribution is 6.32. The summed E-state index contributed by atoms with van der Waals surface area (Å²) >= 11 is 6.34. The Morgan fingerprint density at radius 1 is 1.16 bits per heavy atom. The van der Waals surface area contributed by atoms with Crippen LogP contribution >= 0.6 is 11.6 Å². The number of benzene rings is 2. The van der Waals surface area contributed by atoms with Crippen molar-refractivity contribution in [2.45, 2.75) is 38.8 Å². The van der Waals surface area contributed by atoms with E-state index < -0.39 is 0 Å². The Morgan fingerprint density at radius 2 is 1.88 bits per heavy atom. The lowest BCUT2D eigenvalue weighted by Gasteiger charge is -2.32. The molecular formula is C24H30ClFN2O4. The fourth-order valence-electron chi connectivity index (χ4n) is 3.77. The van der Waals surface area contributed by atoms with Gasteiger partial charge in [0.25, 0.3) is 5.91 Å². The van der Waals surface area contributed by atoms with E-state index in [1.54, 1.807) is 18.2 Å². The number of carbonyl (C=O) groups excluding carboxylic acids is 1. The number of nitrogens with one attached hydrogen (secondary N) is 1. The fourth-order valence-corrected chi connectivity index (χ4v) is 4.03. The molecular weight excluding hydrogens is 435 g/mol. The molecule has 6 nitrogen and oxygen atoms in total. The molecule has 1 N–H and O–H groups in total. The van der Waals surface area contributed by atoms with E-state index in [4.69, 9.17) is 25.8 Å². The number of nitrogens with zero attached hydrogens (tertiary/aromatic N) is 1. The van der Waals surface area contributed by atoms with Gasteiger partial charge in [0.05, 0.1) is 25.8 Å². The van der Waals surface area contributed by atoms with Crippen LogP contribution in [-0.4, -0.2) is 50.8 Å². The van der Waals surface area contributed by atoms with E-state index in [1.807, 2.05) is 13.0 Å². The number of piperidine rings is 1. The van der Waals surface area contributed by atoms with E-state index in [-0.39, 0.29) is 23.5 Å². The zero-order valence-corrected chi connectivity index (χ0v) is 19.5. The van der Waals surface area contributed by atoms with Crippen LogP contribution in [0.15, 0.2) is 30.3 Å². The molecule has 0 unspecified atom stereocenters. The lowest BCUT2D eigenvalue weighted by Crippen LogP contribution is -2.44. The van der Waals surface area contributed by atoms with Crippen LogP contribution < -0.4 is 19.5 Å². The maximum Gasteiger partial charge on any atom is 0.251 e. The number of rotatable bonds is 9. The highest BCUT2D eigenvalue weighted by atomic mass is 35.5. The maximum absolute atomic E-state index is 13.9. The summed E-state index contributed by atoms with van der Waals surface area (Å²) < 4.78 is 29.9. The summed E-state index contributed by atoms with van der Waals surface area (Å²) in [5, 5.41) is 3.44. The Balaban J connectivity index is 1.55. The molecule has 0 saturated carbocycles.